The fraction of sp³-hybridized carbons (Fsp3) is 0.611. The lowest BCUT2D eigenvalue weighted by molar-refractivity contribution is -0.118. The van der Waals surface area contributed by atoms with Crippen LogP contribution < -0.4 is 5.32 Å². The first-order valence-electron chi connectivity index (χ1n) is 8.16. The number of hydrogen-bond acceptors (Lipinski definition) is 3. The minimum Gasteiger partial charge on any atom is -0.379 e. The van der Waals surface area contributed by atoms with Crippen LogP contribution in [0, 0.1) is 5.92 Å². The minimum atomic E-state index is 0.0351. The van der Waals surface area contributed by atoms with Crippen LogP contribution in [0.3, 0.4) is 0 Å². The standard InChI is InChI=1S/C18H25NOS/c1-18(2)12-17-14(9-10-21-17)15(19-18)11-16(20)13-7-5-3-4-6-8-13/h9-11,13,19H,3-8,12H2,1-2H3/b15-11-. The van der Waals surface area contributed by atoms with Gasteiger partial charge in [0.25, 0.3) is 0 Å². The lowest BCUT2D eigenvalue weighted by Gasteiger charge is -2.34. The molecule has 1 saturated carbocycles. The zero-order valence-corrected chi connectivity index (χ0v) is 13.9. The van der Waals surface area contributed by atoms with E-state index in [-0.39, 0.29) is 11.5 Å². The number of carbonyl (C=O) groups excluding carboxylic acids is 1. The second-order valence-corrected chi connectivity index (χ2v) is 8.09. The highest BCUT2D eigenvalue weighted by molar-refractivity contribution is 7.10. The predicted molar refractivity (Wildman–Crippen MR) is 89.4 cm³/mol. The Morgan fingerprint density at radius 1 is 1.29 bits per heavy atom. The lowest BCUT2D eigenvalue weighted by Crippen LogP contribution is -2.43. The molecular formula is C18H25NOS. The molecule has 3 heteroatoms. The molecule has 0 atom stereocenters. The molecule has 0 spiro atoms. The topological polar surface area (TPSA) is 29.1 Å². The predicted octanol–water partition coefficient (Wildman–Crippen LogP) is 4.55. The Morgan fingerprint density at radius 3 is 2.71 bits per heavy atom. The van der Waals surface area contributed by atoms with E-state index in [0.29, 0.717) is 5.78 Å². The van der Waals surface area contributed by atoms with E-state index < -0.39 is 0 Å². The molecule has 0 amide bonds. The molecule has 2 heterocycles. The van der Waals surface area contributed by atoms with Gasteiger partial charge in [-0.15, -0.1) is 11.3 Å². The van der Waals surface area contributed by atoms with Crippen LogP contribution in [0.15, 0.2) is 17.5 Å². The number of thiophene rings is 1. The summed E-state index contributed by atoms with van der Waals surface area (Å²) in [5.74, 6) is 0.572. The van der Waals surface area contributed by atoms with Gasteiger partial charge in [0, 0.05) is 40.1 Å². The maximum absolute atomic E-state index is 12.6. The molecule has 0 aromatic carbocycles. The van der Waals surface area contributed by atoms with E-state index in [0.717, 1.165) is 25.0 Å². The molecule has 0 saturated heterocycles. The molecule has 1 aromatic rings. The van der Waals surface area contributed by atoms with Crippen molar-refractivity contribution < 1.29 is 4.79 Å². The van der Waals surface area contributed by atoms with E-state index in [1.165, 1.54) is 36.1 Å². The zero-order chi connectivity index (χ0) is 14.9. The highest BCUT2D eigenvalue weighted by atomic mass is 32.1. The number of fused-ring (bicyclic) bond motifs is 1. The largest absolute Gasteiger partial charge is 0.379 e. The summed E-state index contributed by atoms with van der Waals surface area (Å²) >= 11 is 1.81. The molecule has 114 valence electrons. The van der Waals surface area contributed by atoms with Crippen molar-refractivity contribution in [2.24, 2.45) is 5.92 Å². The third kappa shape index (κ3) is 3.39. The fourth-order valence-corrected chi connectivity index (χ4v) is 4.65. The first-order valence-corrected chi connectivity index (χ1v) is 9.04. The third-order valence-electron chi connectivity index (χ3n) is 4.66. The van der Waals surface area contributed by atoms with Crippen LogP contribution in [0.25, 0.3) is 5.70 Å². The number of nitrogens with one attached hydrogen (secondary N) is 1. The summed E-state index contributed by atoms with van der Waals surface area (Å²) in [6.45, 7) is 4.42. The van der Waals surface area contributed by atoms with Gasteiger partial charge in [0.2, 0.25) is 0 Å². The zero-order valence-electron chi connectivity index (χ0n) is 13.1. The minimum absolute atomic E-state index is 0.0351. The monoisotopic (exact) mass is 303 g/mol. The van der Waals surface area contributed by atoms with Gasteiger partial charge in [0.15, 0.2) is 5.78 Å². The second kappa shape index (κ2) is 5.96. The maximum Gasteiger partial charge on any atom is 0.160 e. The summed E-state index contributed by atoms with van der Waals surface area (Å²) in [6, 6.07) is 2.15. The molecule has 1 N–H and O–H groups in total. The molecule has 21 heavy (non-hydrogen) atoms. The Hall–Kier alpha value is -1.09. The van der Waals surface area contributed by atoms with Crippen molar-refractivity contribution in [3.8, 4) is 0 Å². The van der Waals surface area contributed by atoms with E-state index in [2.05, 4.69) is 30.6 Å². The molecule has 0 unspecified atom stereocenters. The van der Waals surface area contributed by atoms with Gasteiger partial charge in [-0.1, -0.05) is 25.7 Å². The van der Waals surface area contributed by atoms with E-state index in [1.807, 2.05) is 6.08 Å². The van der Waals surface area contributed by atoms with Gasteiger partial charge in [-0.3, -0.25) is 4.79 Å². The van der Waals surface area contributed by atoms with Crippen LogP contribution in [0.2, 0.25) is 0 Å². The number of carbonyl (C=O) groups is 1. The smallest absolute Gasteiger partial charge is 0.160 e. The van der Waals surface area contributed by atoms with Gasteiger partial charge in [0.1, 0.15) is 0 Å². The van der Waals surface area contributed by atoms with E-state index in [4.69, 9.17) is 0 Å². The van der Waals surface area contributed by atoms with Crippen molar-refractivity contribution in [1.82, 2.24) is 5.32 Å². The molecule has 0 bridgehead atoms. The molecule has 2 nitrogen and oxygen atoms in total. The van der Waals surface area contributed by atoms with Crippen molar-refractivity contribution >= 4 is 22.8 Å². The molecule has 1 aliphatic carbocycles. The van der Waals surface area contributed by atoms with Gasteiger partial charge in [-0.2, -0.15) is 0 Å². The quantitative estimate of drug-likeness (QED) is 0.641. The van der Waals surface area contributed by atoms with E-state index in [9.17, 15) is 4.79 Å². The maximum atomic E-state index is 12.6. The van der Waals surface area contributed by atoms with Gasteiger partial charge >= 0.3 is 0 Å². The fourth-order valence-electron chi connectivity index (χ4n) is 3.53. The van der Waals surface area contributed by atoms with Gasteiger partial charge in [0.05, 0.1) is 0 Å². The number of rotatable bonds is 2. The van der Waals surface area contributed by atoms with Crippen LogP contribution in [-0.4, -0.2) is 11.3 Å². The average molecular weight is 303 g/mol. The third-order valence-corrected chi connectivity index (χ3v) is 5.58. The summed E-state index contributed by atoms with van der Waals surface area (Å²) in [4.78, 5) is 14.1. The molecule has 0 radical (unpaired) electrons. The molecule has 1 aliphatic heterocycles. The summed E-state index contributed by atoms with van der Waals surface area (Å²) in [5, 5.41) is 5.70. The Morgan fingerprint density at radius 2 is 2.00 bits per heavy atom. The molecule has 1 fully saturated rings. The summed E-state index contributed by atoms with van der Waals surface area (Å²) in [7, 11) is 0. The molecular weight excluding hydrogens is 278 g/mol. The molecule has 1 aromatic heterocycles. The highest BCUT2D eigenvalue weighted by Crippen LogP contribution is 2.34. The van der Waals surface area contributed by atoms with E-state index >= 15 is 0 Å². The second-order valence-electron chi connectivity index (χ2n) is 7.09. The van der Waals surface area contributed by atoms with Crippen molar-refractivity contribution in [3.05, 3.63) is 28.0 Å². The van der Waals surface area contributed by atoms with E-state index in [1.54, 1.807) is 11.3 Å². The van der Waals surface area contributed by atoms with Crippen molar-refractivity contribution in [2.45, 2.75) is 64.3 Å². The normalized spacial score (nSPS) is 24.2. The van der Waals surface area contributed by atoms with Crippen molar-refractivity contribution in [1.29, 1.82) is 0 Å². The molecule has 3 rings (SSSR count). The highest BCUT2D eigenvalue weighted by Gasteiger charge is 2.29. The first kappa shape index (κ1) is 14.8. The Kier molecular flexibility index (Phi) is 4.21. The van der Waals surface area contributed by atoms with Crippen molar-refractivity contribution in [3.63, 3.8) is 0 Å². The van der Waals surface area contributed by atoms with Crippen molar-refractivity contribution in [2.75, 3.05) is 0 Å². The summed E-state index contributed by atoms with van der Waals surface area (Å²) in [5.41, 5.74) is 2.31. The van der Waals surface area contributed by atoms with Crippen LogP contribution in [-0.2, 0) is 11.2 Å². The Bertz CT molecular complexity index is 547. The number of allylic oxidation sites excluding steroid dienone is 1. The van der Waals surface area contributed by atoms with Crippen LogP contribution >= 0.6 is 11.3 Å². The number of ketones is 1. The lowest BCUT2D eigenvalue weighted by atomic mass is 9.89. The number of hydrogen-bond donors (Lipinski definition) is 1. The summed E-state index contributed by atoms with van der Waals surface area (Å²) < 4.78 is 0. The average Bonchev–Trinajstić information content (AvgIpc) is 2.71. The summed E-state index contributed by atoms with van der Waals surface area (Å²) in [6.07, 6.45) is 10.1. The van der Waals surface area contributed by atoms with Crippen LogP contribution in [0.5, 0.6) is 0 Å². The Labute approximate surface area is 131 Å². The molecule has 2 aliphatic rings. The Balaban J connectivity index is 1.83. The van der Waals surface area contributed by atoms with Gasteiger partial charge in [-0.05, 0) is 38.1 Å². The first-order chi connectivity index (χ1) is 10.1. The van der Waals surface area contributed by atoms with Crippen LogP contribution in [0.1, 0.15) is 62.8 Å². The van der Waals surface area contributed by atoms with Crippen LogP contribution in [0.4, 0.5) is 0 Å². The SMILES string of the molecule is CC1(C)Cc2sccc2/C(=C/C(=O)C2CCCCCC2)N1. The van der Waals surface area contributed by atoms with Gasteiger partial charge < -0.3 is 5.32 Å². The van der Waals surface area contributed by atoms with Gasteiger partial charge in [-0.25, -0.2) is 0 Å².